The van der Waals surface area contributed by atoms with Crippen molar-refractivity contribution in [1.29, 1.82) is 0 Å². The SMILES string of the molecule is O=C(O)c1nc(OCCN2CCOCC2)ncc1-c1cccc2ccccc12.OCCN1CCOCC1. The highest BCUT2D eigenvalue weighted by Crippen LogP contribution is 2.30. The number of aromatic carboxylic acids is 1. The molecule has 5 rings (SSSR count). The van der Waals surface area contributed by atoms with Crippen molar-refractivity contribution >= 4 is 16.7 Å². The number of hydrogen-bond donors (Lipinski definition) is 2. The lowest BCUT2D eigenvalue weighted by Gasteiger charge is -2.26. The quantitative estimate of drug-likeness (QED) is 0.466. The molecule has 37 heavy (non-hydrogen) atoms. The zero-order valence-corrected chi connectivity index (χ0v) is 20.9. The van der Waals surface area contributed by atoms with Crippen LogP contribution in [0.5, 0.6) is 6.01 Å². The van der Waals surface area contributed by atoms with Gasteiger partial charge in [-0.1, -0.05) is 42.5 Å². The highest BCUT2D eigenvalue weighted by Gasteiger charge is 2.18. The topological polar surface area (TPSA) is 117 Å². The molecule has 2 saturated heterocycles. The molecule has 2 aromatic carbocycles. The van der Waals surface area contributed by atoms with Gasteiger partial charge in [-0.05, 0) is 16.3 Å². The second kappa shape index (κ2) is 14.0. The van der Waals surface area contributed by atoms with Crippen molar-refractivity contribution in [3.05, 3.63) is 54.4 Å². The molecule has 2 N–H and O–H groups in total. The van der Waals surface area contributed by atoms with Gasteiger partial charge in [0.25, 0.3) is 0 Å². The number of nitrogens with zero attached hydrogens (tertiary/aromatic N) is 4. The summed E-state index contributed by atoms with van der Waals surface area (Å²) in [6.07, 6.45) is 1.53. The summed E-state index contributed by atoms with van der Waals surface area (Å²) in [4.78, 5) is 24.7. The molecule has 3 heterocycles. The Morgan fingerprint density at radius 3 is 2.22 bits per heavy atom. The van der Waals surface area contributed by atoms with Crippen LogP contribution in [0.4, 0.5) is 0 Å². The van der Waals surface area contributed by atoms with E-state index in [-0.39, 0.29) is 18.3 Å². The van der Waals surface area contributed by atoms with E-state index in [0.29, 0.717) is 12.2 Å². The van der Waals surface area contributed by atoms with Gasteiger partial charge in [0, 0.05) is 51.0 Å². The fraction of sp³-hybridized carbons (Fsp3) is 0.444. The van der Waals surface area contributed by atoms with E-state index in [1.165, 1.54) is 6.20 Å². The molecule has 0 saturated carbocycles. The van der Waals surface area contributed by atoms with Gasteiger partial charge in [-0.2, -0.15) is 4.98 Å². The van der Waals surface area contributed by atoms with Crippen molar-refractivity contribution in [3.8, 4) is 17.1 Å². The van der Waals surface area contributed by atoms with Gasteiger partial charge in [-0.3, -0.25) is 9.80 Å². The van der Waals surface area contributed by atoms with E-state index in [4.69, 9.17) is 19.3 Å². The molecular weight excluding hydrogens is 476 g/mol. The van der Waals surface area contributed by atoms with Crippen molar-refractivity contribution in [3.63, 3.8) is 0 Å². The number of hydrogen-bond acceptors (Lipinski definition) is 9. The average Bonchev–Trinajstić information content (AvgIpc) is 2.94. The highest BCUT2D eigenvalue weighted by atomic mass is 16.5. The fourth-order valence-corrected chi connectivity index (χ4v) is 4.31. The lowest BCUT2D eigenvalue weighted by Crippen LogP contribution is -2.38. The van der Waals surface area contributed by atoms with Gasteiger partial charge in [0.05, 0.1) is 33.0 Å². The van der Waals surface area contributed by atoms with E-state index >= 15 is 0 Å². The first kappa shape index (κ1) is 26.9. The van der Waals surface area contributed by atoms with E-state index in [2.05, 4.69) is 19.8 Å². The summed E-state index contributed by atoms with van der Waals surface area (Å²) in [5, 5.41) is 20.2. The molecule has 2 aliphatic heterocycles. The number of fused-ring (bicyclic) bond motifs is 1. The lowest BCUT2D eigenvalue weighted by molar-refractivity contribution is 0.0306. The summed E-state index contributed by atoms with van der Waals surface area (Å²) < 4.78 is 16.1. The second-order valence-corrected chi connectivity index (χ2v) is 8.73. The minimum Gasteiger partial charge on any atom is -0.476 e. The Kier molecular flexibility index (Phi) is 10.2. The van der Waals surface area contributed by atoms with E-state index in [1.54, 1.807) is 0 Å². The maximum absolute atomic E-state index is 11.8. The van der Waals surface area contributed by atoms with Crippen molar-refractivity contribution in [2.75, 3.05) is 78.9 Å². The van der Waals surface area contributed by atoms with Crippen LogP contribution in [0.3, 0.4) is 0 Å². The highest BCUT2D eigenvalue weighted by molar-refractivity contribution is 6.02. The summed E-state index contributed by atoms with van der Waals surface area (Å²) >= 11 is 0. The Bertz CT molecular complexity index is 1140. The Morgan fingerprint density at radius 1 is 0.892 bits per heavy atom. The van der Waals surface area contributed by atoms with Crippen LogP contribution in [-0.2, 0) is 9.47 Å². The van der Waals surface area contributed by atoms with Crippen LogP contribution in [-0.4, -0.2) is 115 Å². The first-order chi connectivity index (χ1) is 18.2. The number of carboxylic acids is 1. The molecule has 0 aliphatic carbocycles. The van der Waals surface area contributed by atoms with Gasteiger partial charge >= 0.3 is 12.0 Å². The Hall–Kier alpha value is -3.15. The first-order valence-corrected chi connectivity index (χ1v) is 12.6. The maximum Gasteiger partial charge on any atom is 0.355 e. The lowest BCUT2D eigenvalue weighted by atomic mass is 9.98. The predicted molar refractivity (Wildman–Crippen MR) is 139 cm³/mol. The average molecular weight is 511 g/mol. The van der Waals surface area contributed by atoms with Crippen LogP contribution in [0, 0.1) is 0 Å². The molecule has 0 unspecified atom stereocenters. The number of β-amino-alcohol motifs (C(OH)–C–C–N with tert-alkyl or cyclic N) is 1. The number of aliphatic hydroxyl groups is 1. The Balaban J connectivity index is 0.000000301. The molecule has 10 nitrogen and oxygen atoms in total. The van der Waals surface area contributed by atoms with E-state index < -0.39 is 5.97 Å². The van der Waals surface area contributed by atoms with Gasteiger partial charge in [-0.15, -0.1) is 0 Å². The molecule has 198 valence electrons. The molecule has 0 atom stereocenters. The van der Waals surface area contributed by atoms with Crippen LogP contribution < -0.4 is 4.74 Å². The van der Waals surface area contributed by atoms with Gasteiger partial charge in [0.2, 0.25) is 0 Å². The number of benzene rings is 2. The van der Waals surface area contributed by atoms with Crippen molar-refractivity contribution in [2.45, 2.75) is 0 Å². The Labute approximate surface area is 216 Å². The molecular formula is C27H34N4O6. The van der Waals surface area contributed by atoms with E-state index in [9.17, 15) is 9.90 Å². The molecule has 0 radical (unpaired) electrons. The molecule has 0 bridgehead atoms. The van der Waals surface area contributed by atoms with Crippen LogP contribution >= 0.6 is 0 Å². The minimum absolute atomic E-state index is 0.0623. The molecule has 0 amide bonds. The number of aromatic nitrogens is 2. The number of ether oxygens (including phenoxy) is 3. The molecule has 0 spiro atoms. The summed E-state index contributed by atoms with van der Waals surface area (Å²) in [7, 11) is 0. The van der Waals surface area contributed by atoms with Crippen molar-refractivity contribution in [1.82, 2.24) is 19.8 Å². The van der Waals surface area contributed by atoms with Crippen LogP contribution in [0.25, 0.3) is 21.9 Å². The largest absolute Gasteiger partial charge is 0.476 e. The Morgan fingerprint density at radius 2 is 1.54 bits per heavy atom. The summed E-state index contributed by atoms with van der Waals surface area (Å²) in [5.41, 5.74) is 1.20. The third-order valence-corrected chi connectivity index (χ3v) is 6.31. The number of aliphatic hydroxyl groups excluding tert-OH is 1. The number of rotatable bonds is 8. The number of morpholine rings is 2. The minimum atomic E-state index is -1.11. The second-order valence-electron chi connectivity index (χ2n) is 8.73. The summed E-state index contributed by atoms with van der Waals surface area (Å²) in [6.45, 7) is 8.94. The van der Waals surface area contributed by atoms with Crippen molar-refractivity contribution in [2.24, 2.45) is 0 Å². The monoisotopic (exact) mass is 510 g/mol. The summed E-state index contributed by atoms with van der Waals surface area (Å²) in [5.74, 6) is -1.11. The smallest absolute Gasteiger partial charge is 0.355 e. The van der Waals surface area contributed by atoms with E-state index in [1.807, 2.05) is 42.5 Å². The van der Waals surface area contributed by atoms with E-state index in [0.717, 1.165) is 82.0 Å². The third-order valence-electron chi connectivity index (χ3n) is 6.31. The first-order valence-electron chi connectivity index (χ1n) is 12.6. The molecule has 3 aromatic rings. The van der Waals surface area contributed by atoms with Gasteiger partial charge < -0.3 is 24.4 Å². The number of carboxylic acid groups (broad SMARTS) is 1. The molecule has 2 aliphatic rings. The van der Waals surface area contributed by atoms with Crippen LogP contribution in [0.1, 0.15) is 10.5 Å². The van der Waals surface area contributed by atoms with Gasteiger partial charge in [0.1, 0.15) is 6.61 Å². The molecule has 10 heteroatoms. The predicted octanol–water partition coefficient (Wildman–Crippen LogP) is 2.02. The molecule has 1 aromatic heterocycles. The van der Waals surface area contributed by atoms with Crippen molar-refractivity contribution < 1.29 is 29.2 Å². The number of carbonyl (C=O) groups is 1. The zero-order valence-electron chi connectivity index (χ0n) is 20.9. The van der Waals surface area contributed by atoms with Crippen LogP contribution in [0.15, 0.2) is 48.7 Å². The van der Waals surface area contributed by atoms with Gasteiger partial charge in [-0.25, -0.2) is 9.78 Å². The zero-order chi connectivity index (χ0) is 25.9. The molecule has 2 fully saturated rings. The third kappa shape index (κ3) is 7.67. The normalized spacial score (nSPS) is 16.7. The van der Waals surface area contributed by atoms with Crippen LogP contribution in [0.2, 0.25) is 0 Å². The standard InChI is InChI=1S/C21H21N3O4.C6H13NO2/c25-20(26)19-18(17-7-3-5-15-4-1-2-6-16(15)17)14-22-21(23-19)28-13-10-24-8-11-27-12-9-24;8-4-1-7-2-5-9-6-3-7/h1-7,14H,8-13H2,(H,25,26);8H,1-6H2. The van der Waals surface area contributed by atoms with Gasteiger partial charge in [0.15, 0.2) is 5.69 Å². The fourth-order valence-electron chi connectivity index (χ4n) is 4.31. The summed E-state index contributed by atoms with van der Waals surface area (Å²) in [6, 6.07) is 13.7. The maximum atomic E-state index is 11.8.